The number of hydrogen-bond donors (Lipinski definition) is 1. The maximum atomic E-state index is 11.7. The Kier molecular flexibility index (Phi) is 4.00. The van der Waals surface area contributed by atoms with Gasteiger partial charge in [0.2, 0.25) is 0 Å². The number of aromatic amines is 1. The van der Waals surface area contributed by atoms with E-state index in [9.17, 15) is 9.59 Å². The Labute approximate surface area is 128 Å². The molecule has 22 heavy (non-hydrogen) atoms. The van der Waals surface area contributed by atoms with E-state index >= 15 is 0 Å². The fourth-order valence-electron chi connectivity index (χ4n) is 2.79. The Morgan fingerprint density at radius 2 is 2.09 bits per heavy atom. The molecular weight excluding hydrogens is 282 g/mol. The minimum atomic E-state index is -0.244. The number of aldehydes is 1. The summed E-state index contributed by atoms with van der Waals surface area (Å²) in [7, 11) is 0. The van der Waals surface area contributed by atoms with Crippen molar-refractivity contribution in [3.05, 3.63) is 30.0 Å². The highest BCUT2D eigenvalue weighted by molar-refractivity contribution is 5.98. The van der Waals surface area contributed by atoms with E-state index < -0.39 is 0 Å². The molecule has 1 aliphatic heterocycles. The van der Waals surface area contributed by atoms with Gasteiger partial charge in [-0.1, -0.05) is 0 Å². The van der Waals surface area contributed by atoms with Gasteiger partial charge in [0, 0.05) is 54.5 Å². The summed E-state index contributed by atoms with van der Waals surface area (Å²) in [5.41, 5.74) is 2.69. The van der Waals surface area contributed by atoms with Crippen molar-refractivity contribution < 1.29 is 14.3 Å². The number of anilines is 1. The van der Waals surface area contributed by atoms with Crippen LogP contribution in [0.15, 0.2) is 24.4 Å². The monoisotopic (exact) mass is 301 g/mol. The SMILES string of the molecule is CCOC(=O)N1CCN(c2ccc3[nH]cc(C=O)c3c2)CC1. The molecule has 1 aromatic carbocycles. The topological polar surface area (TPSA) is 65.6 Å². The molecule has 6 nitrogen and oxygen atoms in total. The van der Waals surface area contributed by atoms with E-state index in [4.69, 9.17) is 4.74 Å². The van der Waals surface area contributed by atoms with Gasteiger partial charge in [0.1, 0.15) is 0 Å². The molecule has 0 atom stereocenters. The van der Waals surface area contributed by atoms with Gasteiger partial charge in [-0.05, 0) is 25.1 Å². The molecule has 6 heteroatoms. The van der Waals surface area contributed by atoms with Gasteiger partial charge in [-0.25, -0.2) is 4.79 Å². The summed E-state index contributed by atoms with van der Waals surface area (Å²) in [6.45, 7) is 5.01. The average molecular weight is 301 g/mol. The highest BCUT2D eigenvalue weighted by Crippen LogP contribution is 2.24. The third kappa shape index (κ3) is 2.64. The van der Waals surface area contributed by atoms with Crippen molar-refractivity contribution in [2.45, 2.75) is 6.92 Å². The summed E-state index contributed by atoms with van der Waals surface area (Å²) >= 11 is 0. The van der Waals surface area contributed by atoms with Crippen molar-refractivity contribution in [3.8, 4) is 0 Å². The van der Waals surface area contributed by atoms with Crippen LogP contribution in [0.4, 0.5) is 10.5 Å². The van der Waals surface area contributed by atoms with E-state index in [1.165, 1.54) is 0 Å². The fourth-order valence-corrected chi connectivity index (χ4v) is 2.79. The number of nitrogens with zero attached hydrogens (tertiary/aromatic N) is 2. The average Bonchev–Trinajstić information content (AvgIpc) is 2.97. The van der Waals surface area contributed by atoms with Crippen LogP contribution in [0.3, 0.4) is 0 Å². The van der Waals surface area contributed by atoms with E-state index in [0.29, 0.717) is 25.3 Å². The maximum absolute atomic E-state index is 11.7. The molecular formula is C16H19N3O3. The van der Waals surface area contributed by atoms with Crippen LogP contribution in [-0.2, 0) is 4.74 Å². The van der Waals surface area contributed by atoms with E-state index in [0.717, 1.165) is 36.0 Å². The highest BCUT2D eigenvalue weighted by atomic mass is 16.6. The van der Waals surface area contributed by atoms with Gasteiger partial charge in [-0.3, -0.25) is 4.79 Å². The Morgan fingerprint density at radius 1 is 1.32 bits per heavy atom. The summed E-state index contributed by atoms with van der Waals surface area (Å²) < 4.78 is 5.03. The number of amides is 1. The van der Waals surface area contributed by atoms with Gasteiger partial charge in [0.25, 0.3) is 0 Å². The molecule has 2 heterocycles. The number of rotatable bonds is 3. The maximum Gasteiger partial charge on any atom is 0.409 e. The molecule has 0 unspecified atom stereocenters. The Hall–Kier alpha value is -2.50. The van der Waals surface area contributed by atoms with Crippen LogP contribution in [0.5, 0.6) is 0 Å². The van der Waals surface area contributed by atoms with Crippen LogP contribution in [-0.4, -0.2) is 55.0 Å². The van der Waals surface area contributed by atoms with Crippen LogP contribution >= 0.6 is 0 Å². The molecule has 1 amide bonds. The number of nitrogens with one attached hydrogen (secondary N) is 1. The van der Waals surface area contributed by atoms with E-state index in [1.54, 1.807) is 11.1 Å². The standard InChI is InChI=1S/C16H19N3O3/c1-2-22-16(21)19-7-5-18(6-8-19)13-3-4-15-14(9-13)12(11-20)10-17-15/h3-4,9-11,17H,2,5-8H2,1H3. The largest absolute Gasteiger partial charge is 0.450 e. The quantitative estimate of drug-likeness (QED) is 0.883. The van der Waals surface area contributed by atoms with E-state index in [1.807, 2.05) is 25.1 Å². The van der Waals surface area contributed by atoms with Gasteiger partial charge in [0.15, 0.2) is 6.29 Å². The van der Waals surface area contributed by atoms with Gasteiger partial charge < -0.3 is 19.5 Å². The minimum absolute atomic E-state index is 0.244. The first-order chi connectivity index (χ1) is 10.7. The Balaban J connectivity index is 1.73. The molecule has 0 saturated carbocycles. The summed E-state index contributed by atoms with van der Waals surface area (Å²) in [6, 6.07) is 6.04. The number of piperazine rings is 1. The van der Waals surface area contributed by atoms with Crippen molar-refractivity contribution >= 4 is 29.0 Å². The zero-order chi connectivity index (χ0) is 15.5. The number of ether oxygens (including phenoxy) is 1. The van der Waals surface area contributed by atoms with Gasteiger partial charge >= 0.3 is 6.09 Å². The first kappa shape index (κ1) is 14.4. The predicted molar refractivity (Wildman–Crippen MR) is 84.5 cm³/mol. The zero-order valence-corrected chi connectivity index (χ0v) is 12.5. The number of hydrogen-bond acceptors (Lipinski definition) is 4. The smallest absolute Gasteiger partial charge is 0.409 e. The highest BCUT2D eigenvalue weighted by Gasteiger charge is 2.22. The molecule has 1 N–H and O–H groups in total. The van der Waals surface area contributed by atoms with E-state index in [-0.39, 0.29) is 6.09 Å². The predicted octanol–water partition coefficient (Wildman–Crippen LogP) is 2.26. The second-order valence-corrected chi connectivity index (χ2v) is 5.26. The van der Waals surface area contributed by atoms with Crippen LogP contribution in [0, 0.1) is 0 Å². The third-order valence-electron chi connectivity index (χ3n) is 4.00. The second-order valence-electron chi connectivity index (χ2n) is 5.26. The van der Waals surface area contributed by atoms with Crippen LogP contribution in [0.2, 0.25) is 0 Å². The molecule has 2 aromatic rings. The Morgan fingerprint density at radius 3 is 2.77 bits per heavy atom. The molecule has 3 rings (SSSR count). The molecule has 1 aliphatic rings. The lowest BCUT2D eigenvalue weighted by molar-refractivity contribution is 0.105. The van der Waals surface area contributed by atoms with Crippen molar-refractivity contribution in [2.24, 2.45) is 0 Å². The lowest BCUT2D eigenvalue weighted by Crippen LogP contribution is -2.49. The van der Waals surface area contributed by atoms with Crippen molar-refractivity contribution in [1.29, 1.82) is 0 Å². The summed E-state index contributed by atoms with van der Waals surface area (Å²) in [4.78, 5) is 29.8. The van der Waals surface area contributed by atoms with E-state index in [2.05, 4.69) is 9.88 Å². The van der Waals surface area contributed by atoms with Crippen molar-refractivity contribution in [3.63, 3.8) is 0 Å². The summed E-state index contributed by atoms with van der Waals surface area (Å²) in [6.07, 6.45) is 2.34. The molecule has 1 saturated heterocycles. The van der Waals surface area contributed by atoms with Gasteiger partial charge in [-0.15, -0.1) is 0 Å². The molecule has 0 aliphatic carbocycles. The number of benzene rings is 1. The second kappa shape index (κ2) is 6.09. The lowest BCUT2D eigenvalue weighted by Gasteiger charge is -2.35. The number of carbonyl (C=O) groups excluding carboxylic acids is 2. The van der Waals surface area contributed by atoms with Crippen LogP contribution in [0.25, 0.3) is 10.9 Å². The van der Waals surface area contributed by atoms with Crippen LogP contribution in [0.1, 0.15) is 17.3 Å². The van der Waals surface area contributed by atoms with Gasteiger partial charge in [0.05, 0.1) is 6.61 Å². The van der Waals surface area contributed by atoms with Crippen molar-refractivity contribution in [2.75, 3.05) is 37.7 Å². The Bertz CT molecular complexity index is 687. The number of carbonyl (C=O) groups is 2. The molecule has 1 fully saturated rings. The molecule has 1 aromatic heterocycles. The number of H-pyrrole nitrogens is 1. The van der Waals surface area contributed by atoms with Crippen LogP contribution < -0.4 is 4.90 Å². The number of fused-ring (bicyclic) bond motifs is 1. The lowest BCUT2D eigenvalue weighted by atomic mass is 10.1. The van der Waals surface area contributed by atoms with Gasteiger partial charge in [-0.2, -0.15) is 0 Å². The first-order valence-electron chi connectivity index (χ1n) is 7.46. The minimum Gasteiger partial charge on any atom is -0.450 e. The third-order valence-corrected chi connectivity index (χ3v) is 4.00. The zero-order valence-electron chi connectivity index (χ0n) is 12.5. The first-order valence-corrected chi connectivity index (χ1v) is 7.46. The van der Waals surface area contributed by atoms with Crippen molar-refractivity contribution in [1.82, 2.24) is 9.88 Å². The normalized spacial score (nSPS) is 15.1. The molecule has 0 radical (unpaired) electrons. The molecule has 116 valence electrons. The fraction of sp³-hybridized carbons (Fsp3) is 0.375. The molecule has 0 bridgehead atoms. The number of aromatic nitrogens is 1. The summed E-state index contributed by atoms with van der Waals surface area (Å²) in [5, 5.41) is 0.931. The molecule has 0 spiro atoms. The summed E-state index contributed by atoms with van der Waals surface area (Å²) in [5.74, 6) is 0.